The van der Waals surface area contributed by atoms with Crippen molar-refractivity contribution in [1.29, 1.82) is 0 Å². The Bertz CT molecular complexity index is 1540. The largest absolute Gasteiger partial charge is 0.625 e. The maximum absolute atomic E-state index is 15.1. The Labute approximate surface area is 243 Å². The Kier molecular flexibility index (Phi) is 7.64. The smallest absolute Gasteiger partial charge is 0.245 e. The number of nitrogen functional groups attached to an aromatic ring is 1. The molecule has 42 heavy (non-hydrogen) atoms. The van der Waals surface area contributed by atoms with Crippen LogP contribution < -0.4 is 15.1 Å². The molecule has 3 aliphatic rings. The lowest BCUT2D eigenvalue weighted by molar-refractivity contribution is -0.127. The van der Waals surface area contributed by atoms with Crippen LogP contribution in [-0.4, -0.2) is 59.2 Å². The van der Waals surface area contributed by atoms with Gasteiger partial charge in [-0.25, -0.2) is 9.37 Å². The average molecular weight is 570 g/mol. The maximum Gasteiger partial charge on any atom is 0.245 e. The molecular weight excluding hydrogens is 537 g/mol. The zero-order chi connectivity index (χ0) is 29.3. The van der Waals surface area contributed by atoms with E-state index < -0.39 is 28.5 Å². The standard InChI is InChI=1S/C32H32FN5O4/c1-2-28(39)37-16-13-21(14-17-37)7-12-26-29(22-8-10-24(11-9-22)42-27-6-4-3-5-25(27)33)30-31(34)35-20-36-32(30)38(26,40)23-15-18-41-19-23/h2-6,8-11,20-21,23,26,29H,1,13-19H2,(H2,34,35,36). The number of carbonyl (C=O) groups is 1. The first-order chi connectivity index (χ1) is 20.4. The van der Waals surface area contributed by atoms with Crippen molar-refractivity contribution in [3.05, 3.63) is 89.7 Å². The summed E-state index contributed by atoms with van der Waals surface area (Å²) >= 11 is 0. The highest BCUT2D eigenvalue weighted by Crippen LogP contribution is 2.52. The number of carbonyl (C=O) groups excluding carboxylic acids is 1. The van der Waals surface area contributed by atoms with E-state index in [9.17, 15) is 9.18 Å². The van der Waals surface area contributed by atoms with Crippen molar-refractivity contribution in [2.24, 2.45) is 5.92 Å². The lowest BCUT2D eigenvalue weighted by Crippen LogP contribution is -2.57. The molecule has 0 saturated carbocycles. The third-order valence-corrected chi connectivity index (χ3v) is 8.43. The molecule has 2 N–H and O–H groups in total. The normalized spacial score (nSPS) is 25.4. The number of hydrogen-bond donors (Lipinski definition) is 1. The number of piperidine rings is 1. The summed E-state index contributed by atoms with van der Waals surface area (Å²) < 4.78 is 24.8. The number of likely N-dealkylation sites (tertiary alicyclic amines) is 1. The molecule has 216 valence electrons. The number of aromatic nitrogens is 2. The summed E-state index contributed by atoms with van der Waals surface area (Å²) in [6, 6.07) is 12.3. The van der Waals surface area contributed by atoms with E-state index in [0.717, 1.165) is 5.56 Å². The van der Waals surface area contributed by atoms with Gasteiger partial charge in [-0.15, -0.1) is 0 Å². The van der Waals surface area contributed by atoms with Crippen LogP contribution in [0.2, 0.25) is 0 Å². The number of amides is 1. The van der Waals surface area contributed by atoms with Crippen LogP contribution in [0, 0.1) is 28.8 Å². The van der Waals surface area contributed by atoms with E-state index in [1.54, 1.807) is 35.2 Å². The first kappa shape index (κ1) is 27.8. The zero-order valence-electron chi connectivity index (χ0n) is 23.1. The highest BCUT2D eigenvalue weighted by molar-refractivity contribution is 5.87. The molecule has 1 aromatic heterocycles. The summed E-state index contributed by atoms with van der Waals surface area (Å²) in [6.07, 6.45) is 4.67. The summed E-state index contributed by atoms with van der Waals surface area (Å²) in [5.74, 6) is 6.92. The van der Waals surface area contributed by atoms with Gasteiger partial charge in [-0.2, -0.15) is 4.98 Å². The molecule has 2 fully saturated rings. The number of ether oxygens (including phenoxy) is 2. The molecule has 1 amide bonds. The minimum atomic E-state index is -0.763. The van der Waals surface area contributed by atoms with Gasteiger partial charge in [-0.05, 0) is 54.7 Å². The molecule has 4 heterocycles. The second-order valence-electron chi connectivity index (χ2n) is 10.8. The number of hydroxylamine groups is 2. The number of para-hydroxylation sites is 1. The predicted octanol–water partition coefficient (Wildman–Crippen LogP) is 4.53. The Morgan fingerprint density at radius 2 is 1.90 bits per heavy atom. The van der Waals surface area contributed by atoms with Gasteiger partial charge >= 0.3 is 0 Å². The first-order valence-electron chi connectivity index (χ1n) is 14.1. The number of nitrogens with zero attached hydrogens (tertiary/aromatic N) is 4. The lowest BCUT2D eigenvalue weighted by atomic mass is 9.87. The number of quaternary nitrogens is 1. The molecule has 0 spiro atoms. The van der Waals surface area contributed by atoms with Crippen LogP contribution >= 0.6 is 0 Å². The van der Waals surface area contributed by atoms with Crippen molar-refractivity contribution < 1.29 is 18.7 Å². The van der Waals surface area contributed by atoms with E-state index in [0.29, 0.717) is 62.7 Å². The van der Waals surface area contributed by atoms with Crippen LogP contribution in [0.4, 0.5) is 16.0 Å². The summed E-state index contributed by atoms with van der Waals surface area (Å²) in [5.41, 5.74) is 7.82. The highest BCUT2D eigenvalue weighted by Gasteiger charge is 2.55. The summed E-state index contributed by atoms with van der Waals surface area (Å²) in [7, 11) is 0. The van der Waals surface area contributed by atoms with Crippen LogP contribution in [-0.2, 0) is 9.53 Å². The number of fused-ring (bicyclic) bond motifs is 1. The van der Waals surface area contributed by atoms with Gasteiger partial charge in [-0.1, -0.05) is 36.8 Å². The first-order valence-corrected chi connectivity index (χ1v) is 14.1. The number of hydrogen-bond acceptors (Lipinski definition) is 7. The van der Waals surface area contributed by atoms with Gasteiger partial charge < -0.3 is 25.3 Å². The number of rotatable bonds is 5. The number of anilines is 1. The van der Waals surface area contributed by atoms with Crippen LogP contribution in [0.15, 0.2) is 67.5 Å². The van der Waals surface area contributed by atoms with Gasteiger partial charge in [0.1, 0.15) is 23.9 Å². The van der Waals surface area contributed by atoms with Crippen LogP contribution in [0.25, 0.3) is 0 Å². The van der Waals surface area contributed by atoms with Gasteiger partial charge in [0.05, 0.1) is 24.7 Å². The molecule has 2 aromatic carbocycles. The fraction of sp³-hybridized carbons (Fsp3) is 0.344. The molecular formula is C32H32FN5O4. The van der Waals surface area contributed by atoms with Gasteiger partial charge in [0, 0.05) is 25.4 Å². The number of benzene rings is 2. The van der Waals surface area contributed by atoms with Crippen LogP contribution in [0.1, 0.15) is 36.3 Å². The minimum Gasteiger partial charge on any atom is -0.625 e. The minimum absolute atomic E-state index is 0.0384. The third-order valence-electron chi connectivity index (χ3n) is 8.43. The molecule has 3 aliphatic heterocycles. The summed E-state index contributed by atoms with van der Waals surface area (Å²) in [5, 5.41) is 15.1. The lowest BCUT2D eigenvalue weighted by Gasteiger charge is -2.46. The second-order valence-corrected chi connectivity index (χ2v) is 10.8. The van der Waals surface area contributed by atoms with Crippen molar-refractivity contribution in [2.45, 2.75) is 37.3 Å². The van der Waals surface area contributed by atoms with E-state index in [1.165, 1.54) is 18.5 Å². The van der Waals surface area contributed by atoms with Crippen molar-refractivity contribution in [3.8, 4) is 23.3 Å². The molecule has 4 atom stereocenters. The molecule has 4 unspecified atom stereocenters. The third kappa shape index (κ3) is 5.00. The molecule has 0 aliphatic carbocycles. The Balaban J connectivity index is 1.37. The SMILES string of the molecule is C=CC(=O)N1CCC(C#CC2C(c3ccc(Oc4ccccc4F)cc3)c3c(N)ncnc3[N+]2([O-])C2CCOC2)CC1. The molecule has 0 radical (unpaired) electrons. The molecule has 6 rings (SSSR count). The Hall–Kier alpha value is -4.30. The predicted molar refractivity (Wildman–Crippen MR) is 157 cm³/mol. The van der Waals surface area contributed by atoms with Crippen molar-refractivity contribution in [3.63, 3.8) is 0 Å². The summed E-state index contributed by atoms with van der Waals surface area (Å²) in [4.78, 5) is 22.5. The maximum atomic E-state index is 15.1. The number of halogens is 1. The van der Waals surface area contributed by atoms with E-state index in [1.807, 2.05) is 12.1 Å². The van der Waals surface area contributed by atoms with Crippen LogP contribution in [0.3, 0.4) is 0 Å². The van der Waals surface area contributed by atoms with Gasteiger partial charge in [-0.3, -0.25) is 9.44 Å². The van der Waals surface area contributed by atoms with Crippen LogP contribution in [0.5, 0.6) is 11.5 Å². The average Bonchev–Trinajstić information content (AvgIpc) is 3.65. The zero-order valence-corrected chi connectivity index (χ0v) is 23.1. The highest BCUT2D eigenvalue weighted by atomic mass is 19.1. The van der Waals surface area contributed by atoms with E-state index >= 15 is 5.21 Å². The second kappa shape index (κ2) is 11.5. The van der Waals surface area contributed by atoms with E-state index in [2.05, 4.69) is 28.4 Å². The fourth-order valence-corrected chi connectivity index (χ4v) is 6.21. The quantitative estimate of drug-likeness (QED) is 0.208. The van der Waals surface area contributed by atoms with E-state index in [-0.39, 0.29) is 23.4 Å². The Morgan fingerprint density at radius 3 is 2.60 bits per heavy atom. The van der Waals surface area contributed by atoms with E-state index in [4.69, 9.17) is 15.2 Å². The molecule has 0 bridgehead atoms. The van der Waals surface area contributed by atoms with Gasteiger partial charge in [0.15, 0.2) is 17.6 Å². The monoisotopic (exact) mass is 569 g/mol. The molecule has 2 saturated heterocycles. The van der Waals surface area contributed by atoms with Crippen molar-refractivity contribution >= 4 is 17.5 Å². The van der Waals surface area contributed by atoms with Gasteiger partial charge in [0.25, 0.3) is 0 Å². The topological polar surface area (TPSA) is 114 Å². The van der Waals surface area contributed by atoms with Crippen molar-refractivity contribution in [1.82, 2.24) is 19.5 Å². The Morgan fingerprint density at radius 1 is 1.14 bits per heavy atom. The molecule has 9 nitrogen and oxygen atoms in total. The molecule has 10 heteroatoms. The molecule has 3 aromatic rings. The summed E-state index contributed by atoms with van der Waals surface area (Å²) in [6.45, 7) is 5.55. The van der Waals surface area contributed by atoms with Crippen molar-refractivity contribution in [2.75, 3.05) is 32.0 Å². The fourth-order valence-electron chi connectivity index (χ4n) is 6.21. The number of nitrogens with two attached hydrogens (primary N) is 1. The van der Waals surface area contributed by atoms with Gasteiger partial charge in [0.2, 0.25) is 11.7 Å².